The minimum absolute atomic E-state index is 0.255. The summed E-state index contributed by atoms with van der Waals surface area (Å²) < 4.78 is 9.73. The number of ether oxygens (including phenoxy) is 2. The molecule has 0 saturated heterocycles. The molecule has 0 amide bonds. The van der Waals surface area contributed by atoms with Crippen molar-refractivity contribution in [2.75, 3.05) is 13.2 Å². The fourth-order valence-corrected chi connectivity index (χ4v) is 3.79. The number of carbonyl (C=O) groups excluding carboxylic acids is 2. The van der Waals surface area contributed by atoms with Crippen molar-refractivity contribution in [1.82, 2.24) is 0 Å². The normalized spacial score (nSPS) is 14.1. The lowest BCUT2D eigenvalue weighted by Gasteiger charge is -2.09. The molecule has 220 valence electrons. The van der Waals surface area contributed by atoms with Gasteiger partial charge in [-0.2, -0.15) is 0 Å². The van der Waals surface area contributed by atoms with Gasteiger partial charge in [0.15, 0.2) is 0 Å². The van der Waals surface area contributed by atoms with Crippen LogP contribution in [0.4, 0.5) is 0 Å². The molecule has 0 aromatic carbocycles. The van der Waals surface area contributed by atoms with Crippen LogP contribution in [0.1, 0.15) is 121 Å². The van der Waals surface area contributed by atoms with Crippen molar-refractivity contribution >= 4 is 11.9 Å². The van der Waals surface area contributed by atoms with Crippen LogP contribution in [0, 0.1) is 23.7 Å². The summed E-state index contributed by atoms with van der Waals surface area (Å²) >= 11 is 0. The number of hydrogen-bond donors (Lipinski definition) is 0. The number of allylic oxidation sites excluding steroid dienone is 6. The molecular formula is C34H60O4. The molecule has 0 aliphatic heterocycles. The first kappa shape index (κ1) is 38.0. The molecule has 0 aliphatic rings. The van der Waals surface area contributed by atoms with Gasteiger partial charge in [0.25, 0.3) is 0 Å². The highest BCUT2D eigenvalue weighted by molar-refractivity contribution is 5.83. The van der Waals surface area contributed by atoms with Gasteiger partial charge < -0.3 is 9.47 Å². The summed E-state index contributed by atoms with van der Waals surface area (Å²) in [5.41, 5.74) is 1.90. The molecule has 0 N–H and O–H groups in total. The van der Waals surface area contributed by atoms with Gasteiger partial charge in [0.2, 0.25) is 0 Å². The van der Waals surface area contributed by atoms with E-state index in [2.05, 4.69) is 53.7 Å². The third-order valence-corrected chi connectivity index (χ3v) is 6.06. The monoisotopic (exact) mass is 532 g/mol. The Morgan fingerprint density at radius 3 is 1.24 bits per heavy atom. The molecule has 0 aromatic rings. The quantitative estimate of drug-likeness (QED) is 0.100. The highest BCUT2D eigenvalue weighted by atomic mass is 16.5. The van der Waals surface area contributed by atoms with Crippen LogP contribution >= 0.6 is 0 Å². The molecule has 0 aromatic heterocycles. The number of carbonyl (C=O) groups is 2. The van der Waals surface area contributed by atoms with Crippen molar-refractivity contribution in [3.63, 3.8) is 0 Å². The van der Waals surface area contributed by atoms with Crippen LogP contribution in [0.15, 0.2) is 47.6 Å². The average molecular weight is 533 g/mol. The molecule has 0 fully saturated rings. The Kier molecular flexibility index (Phi) is 25.2. The number of esters is 2. The third kappa shape index (κ3) is 28.5. The molecule has 0 rings (SSSR count). The van der Waals surface area contributed by atoms with Gasteiger partial charge >= 0.3 is 11.9 Å². The highest BCUT2D eigenvalue weighted by Gasteiger charge is 2.03. The third-order valence-electron chi connectivity index (χ3n) is 6.06. The van der Waals surface area contributed by atoms with Crippen LogP contribution in [0.3, 0.4) is 0 Å². The highest BCUT2D eigenvalue weighted by Crippen LogP contribution is 2.17. The van der Waals surface area contributed by atoms with E-state index in [4.69, 9.17) is 9.47 Å². The summed E-state index contributed by atoms with van der Waals surface area (Å²) in [6.07, 6.45) is 21.4. The Morgan fingerprint density at radius 2 is 0.947 bits per heavy atom. The lowest BCUT2D eigenvalue weighted by Crippen LogP contribution is -1.99. The van der Waals surface area contributed by atoms with Crippen molar-refractivity contribution in [1.29, 1.82) is 0 Å². The number of rotatable bonds is 18. The van der Waals surface area contributed by atoms with E-state index >= 15 is 0 Å². The van der Waals surface area contributed by atoms with Gasteiger partial charge in [-0.3, -0.25) is 0 Å². The molecule has 4 nitrogen and oxygen atoms in total. The second-order valence-electron chi connectivity index (χ2n) is 11.4. The van der Waals surface area contributed by atoms with Gasteiger partial charge in [0.05, 0.1) is 13.2 Å². The second kappa shape index (κ2) is 25.2. The van der Waals surface area contributed by atoms with Crippen LogP contribution in [0.25, 0.3) is 0 Å². The summed E-state index contributed by atoms with van der Waals surface area (Å²) in [7, 11) is 0. The lowest BCUT2D eigenvalue weighted by molar-refractivity contribution is -0.138. The fraction of sp³-hybridized carbons (Fsp3) is 0.706. The minimum atomic E-state index is -0.255. The van der Waals surface area contributed by atoms with Gasteiger partial charge in [-0.05, 0) is 75.4 Å². The first-order chi connectivity index (χ1) is 17.9. The minimum Gasteiger partial charge on any atom is -0.463 e. The van der Waals surface area contributed by atoms with Crippen molar-refractivity contribution in [3.05, 3.63) is 47.6 Å². The average Bonchev–Trinajstić information content (AvgIpc) is 2.79. The maximum absolute atomic E-state index is 11.2. The van der Waals surface area contributed by atoms with E-state index in [9.17, 15) is 9.59 Å². The van der Waals surface area contributed by atoms with E-state index in [1.165, 1.54) is 38.5 Å². The maximum atomic E-state index is 11.2. The van der Waals surface area contributed by atoms with Crippen LogP contribution in [0.5, 0.6) is 0 Å². The van der Waals surface area contributed by atoms with E-state index in [0.29, 0.717) is 25.0 Å². The first-order valence-electron chi connectivity index (χ1n) is 14.9. The van der Waals surface area contributed by atoms with Crippen LogP contribution in [0.2, 0.25) is 0 Å². The Hall–Kier alpha value is -2.10. The lowest BCUT2D eigenvalue weighted by atomic mass is 9.97. The van der Waals surface area contributed by atoms with Crippen molar-refractivity contribution in [3.8, 4) is 0 Å². The Balaban J connectivity index is 0. The molecule has 0 spiro atoms. The summed E-state index contributed by atoms with van der Waals surface area (Å²) in [4.78, 5) is 22.4. The van der Waals surface area contributed by atoms with Gasteiger partial charge in [0, 0.05) is 12.2 Å². The van der Waals surface area contributed by atoms with Crippen molar-refractivity contribution < 1.29 is 19.1 Å². The predicted molar refractivity (Wildman–Crippen MR) is 164 cm³/mol. The summed E-state index contributed by atoms with van der Waals surface area (Å²) in [6, 6.07) is 0. The van der Waals surface area contributed by atoms with E-state index < -0.39 is 0 Å². The predicted octanol–water partition coefficient (Wildman–Crippen LogP) is 9.81. The zero-order valence-corrected chi connectivity index (χ0v) is 26.5. The van der Waals surface area contributed by atoms with Crippen molar-refractivity contribution in [2.24, 2.45) is 23.7 Å². The van der Waals surface area contributed by atoms with Gasteiger partial charge in [0.1, 0.15) is 0 Å². The van der Waals surface area contributed by atoms with E-state index in [1.54, 1.807) is 12.2 Å². The molecule has 0 aliphatic carbocycles. The number of hydrogen-bond acceptors (Lipinski definition) is 4. The zero-order valence-electron chi connectivity index (χ0n) is 26.5. The van der Waals surface area contributed by atoms with Crippen LogP contribution in [-0.4, -0.2) is 25.2 Å². The van der Waals surface area contributed by atoms with E-state index in [1.807, 2.05) is 39.8 Å². The topological polar surface area (TPSA) is 52.6 Å². The van der Waals surface area contributed by atoms with Gasteiger partial charge in [-0.1, -0.05) is 104 Å². The molecular weight excluding hydrogens is 472 g/mol. The molecule has 0 saturated carbocycles. The Bertz CT molecular complexity index is 663. The fourth-order valence-electron chi connectivity index (χ4n) is 3.79. The second-order valence-corrected chi connectivity index (χ2v) is 11.4. The molecule has 0 radical (unpaired) electrons. The molecule has 0 heterocycles. The van der Waals surface area contributed by atoms with Gasteiger partial charge in [-0.15, -0.1) is 0 Å². The summed E-state index contributed by atoms with van der Waals surface area (Å²) in [5, 5.41) is 0. The largest absolute Gasteiger partial charge is 0.463 e. The first-order valence-corrected chi connectivity index (χ1v) is 14.9. The molecule has 0 bridgehead atoms. The molecule has 4 heteroatoms. The van der Waals surface area contributed by atoms with Crippen LogP contribution < -0.4 is 0 Å². The van der Waals surface area contributed by atoms with E-state index in [-0.39, 0.29) is 11.9 Å². The maximum Gasteiger partial charge on any atom is 0.330 e. The van der Waals surface area contributed by atoms with Gasteiger partial charge in [-0.25, -0.2) is 9.59 Å². The summed E-state index contributed by atoms with van der Waals surface area (Å²) in [6.45, 7) is 22.0. The summed E-state index contributed by atoms with van der Waals surface area (Å²) in [5.74, 6) is 2.52. The Morgan fingerprint density at radius 1 is 0.605 bits per heavy atom. The zero-order chi connectivity index (χ0) is 29.3. The van der Waals surface area contributed by atoms with Crippen molar-refractivity contribution in [2.45, 2.75) is 121 Å². The SMILES string of the molecule is CCOC(=O)/C=C(C)/C=C/CC(C)CCCC(C)C.CCOC(=O)C=C(C)C=CCC(C)CCCC(C)C. The molecule has 2 unspecified atom stereocenters. The Labute approximate surface area is 236 Å². The van der Waals surface area contributed by atoms with E-state index in [0.717, 1.165) is 35.8 Å². The van der Waals surface area contributed by atoms with Crippen LogP contribution in [-0.2, 0) is 19.1 Å². The molecule has 38 heavy (non-hydrogen) atoms. The molecule has 2 atom stereocenters. The standard InChI is InChI=1S/2C17H30O2/c2*1-6-19-17(18)13-16(5)12-8-11-15(4)10-7-9-14(2)3/h2*8,12-15H,6-7,9-11H2,1-5H3/b12-8+,16-13+;. The smallest absolute Gasteiger partial charge is 0.330 e.